The fourth-order valence-corrected chi connectivity index (χ4v) is 3.56. The van der Waals surface area contributed by atoms with Crippen LogP contribution in [0.3, 0.4) is 0 Å². The third-order valence-electron chi connectivity index (χ3n) is 2.94. The molecule has 0 unspecified atom stereocenters. The lowest BCUT2D eigenvalue weighted by atomic mass is 10.2. The van der Waals surface area contributed by atoms with Crippen LogP contribution >= 0.6 is 0 Å². The average Bonchev–Trinajstić information content (AvgIpc) is 2.33. The zero-order valence-electron chi connectivity index (χ0n) is 11.3. The van der Waals surface area contributed by atoms with E-state index in [4.69, 9.17) is 5.73 Å². The highest BCUT2D eigenvalue weighted by Gasteiger charge is 2.24. The van der Waals surface area contributed by atoms with Gasteiger partial charge in [-0.3, -0.25) is 0 Å². The zero-order valence-corrected chi connectivity index (χ0v) is 12.1. The summed E-state index contributed by atoms with van der Waals surface area (Å²) in [5.41, 5.74) is 6.90. The molecule has 0 aliphatic heterocycles. The topological polar surface area (TPSA) is 63.4 Å². The van der Waals surface area contributed by atoms with Gasteiger partial charge in [0.15, 0.2) is 0 Å². The van der Waals surface area contributed by atoms with Gasteiger partial charge < -0.3 is 5.73 Å². The average molecular weight is 270 g/mol. The Hall–Kier alpha value is -1.07. The summed E-state index contributed by atoms with van der Waals surface area (Å²) in [5.74, 6) is 0. The number of sulfonamides is 1. The SMILES string of the molecule is CCCCN(CC)S(=O)(=O)c1cc(N)ccc1C. The molecule has 5 heteroatoms. The molecule has 0 saturated carbocycles. The molecule has 0 amide bonds. The maximum Gasteiger partial charge on any atom is 0.243 e. The number of aryl methyl sites for hydroxylation is 1. The molecule has 0 spiro atoms. The zero-order chi connectivity index (χ0) is 13.8. The minimum absolute atomic E-state index is 0.320. The molecule has 0 aliphatic rings. The second-order valence-electron chi connectivity index (χ2n) is 4.38. The van der Waals surface area contributed by atoms with Gasteiger partial charge in [-0.05, 0) is 31.0 Å². The van der Waals surface area contributed by atoms with Crippen molar-refractivity contribution < 1.29 is 8.42 Å². The molecule has 1 aromatic carbocycles. The van der Waals surface area contributed by atoms with E-state index < -0.39 is 10.0 Å². The first-order valence-corrected chi connectivity index (χ1v) is 7.73. The van der Waals surface area contributed by atoms with Crippen molar-refractivity contribution in [1.29, 1.82) is 0 Å². The molecular formula is C13H22N2O2S. The number of nitrogens with zero attached hydrogens (tertiary/aromatic N) is 1. The van der Waals surface area contributed by atoms with Gasteiger partial charge in [0.2, 0.25) is 10.0 Å². The van der Waals surface area contributed by atoms with Gasteiger partial charge in [-0.25, -0.2) is 8.42 Å². The second kappa shape index (κ2) is 6.20. The van der Waals surface area contributed by atoms with Crippen molar-refractivity contribution in [2.45, 2.75) is 38.5 Å². The predicted octanol–water partition coefficient (Wildman–Crippen LogP) is 2.39. The van der Waals surface area contributed by atoms with Gasteiger partial charge in [0.25, 0.3) is 0 Å². The van der Waals surface area contributed by atoms with E-state index >= 15 is 0 Å². The van der Waals surface area contributed by atoms with Crippen molar-refractivity contribution in [2.24, 2.45) is 0 Å². The first kappa shape index (κ1) is 15.0. The Morgan fingerprint density at radius 3 is 2.50 bits per heavy atom. The molecule has 1 rings (SSSR count). The lowest BCUT2D eigenvalue weighted by molar-refractivity contribution is 0.418. The maximum atomic E-state index is 12.5. The van der Waals surface area contributed by atoms with Crippen LogP contribution in [0.5, 0.6) is 0 Å². The quantitative estimate of drug-likeness (QED) is 0.807. The van der Waals surface area contributed by atoms with E-state index in [2.05, 4.69) is 0 Å². The summed E-state index contributed by atoms with van der Waals surface area (Å²) < 4.78 is 26.5. The van der Waals surface area contributed by atoms with Crippen LogP contribution < -0.4 is 5.73 Å². The van der Waals surface area contributed by atoms with Crippen LogP contribution in [0.25, 0.3) is 0 Å². The molecule has 0 radical (unpaired) electrons. The summed E-state index contributed by atoms with van der Waals surface area (Å²) in [7, 11) is -3.42. The van der Waals surface area contributed by atoms with Gasteiger partial charge in [0.05, 0.1) is 4.90 Å². The molecule has 4 nitrogen and oxygen atoms in total. The number of benzene rings is 1. The highest BCUT2D eigenvalue weighted by molar-refractivity contribution is 7.89. The molecule has 102 valence electrons. The van der Waals surface area contributed by atoms with Crippen molar-refractivity contribution in [3.05, 3.63) is 23.8 Å². The van der Waals surface area contributed by atoms with E-state index in [9.17, 15) is 8.42 Å². The largest absolute Gasteiger partial charge is 0.399 e. The van der Waals surface area contributed by atoms with Crippen LogP contribution in [0.4, 0.5) is 5.69 Å². The Bertz CT molecular complexity index is 498. The third-order valence-corrected chi connectivity index (χ3v) is 5.06. The highest BCUT2D eigenvalue weighted by atomic mass is 32.2. The number of hydrogen-bond donors (Lipinski definition) is 1. The molecule has 0 saturated heterocycles. The molecule has 0 aliphatic carbocycles. The van der Waals surface area contributed by atoms with Crippen LogP contribution in [0.1, 0.15) is 32.3 Å². The molecular weight excluding hydrogens is 248 g/mol. The van der Waals surface area contributed by atoms with E-state index in [1.165, 1.54) is 4.31 Å². The third kappa shape index (κ3) is 3.23. The molecule has 0 aromatic heterocycles. The van der Waals surface area contributed by atoms with Crippen LogP contribution in [-0.2, 0) is 10.0 Å². The van der Waals surface area contributed by atoms with E-state index in [0.29, 0.717) is 23.7 Å². The number of nitrogen functional groups attached to an aromatic ring is 1. The van der Waals surface area contributed by atoms with Gasteiger partial charge in [0, 0.05) is 18.8 Å². The Balaban J connectivity index is 3.14. The molecule has 0 fully saturated rings. The number of anilines is 1. The second-order valence-corrected chi connectivity index (χ2v) is 6.28. The molecule has 1 aromatic rings. The summed E-state index contributed by atoms with van der Waals surface area (Å²) in [4.78, 5) is 0.320. The van der Waals surface area contributed by atoms with Crippen LogP contribution in [0.15, 0.2) is 23.1 Å². The number of hydrogen-bond acceptors (Lipinski definition) is 3. The normalized spacial score (nSPS) is 12.0. The molecule has 2 N–H and O–H groups in total. The van der Waals surface area contributed by atoms with Crippen LogP contribution in [0.2, 0.25) is 0 Å². The molecule has 0 atom stereocenters. The van der Waals surface area contributed by atoms with Gasteiger partial charge in [-0.15, -0.1) is 0 Å². The maximum absolute atomic E-state index is 12.5. The standard InChI is InChI=1S/C13H22N2O2S/c1-4-6-9-15(5-2)18(16,17)13-10-12(14)8-7-11(13)3/h7-8,10H,4-6,9,14H2,1-3H3. The minimum Gasteiger partial charge on any atom is -0.399 e. The molecule has 0 heterocycles. The van der Waals surface area contributed by atoms with Gasteiger partial charge in [0.1, 0.15) is 0 Å². The van der Waals surface area contributed by atoms with E-state index in [1.54, 1.807) is 25.1 Å². The van der Waals surface area contributed by atoms with Gasteiger partial charge >= 0.3 is 0 Å². The van der Waals surface area contributed by atoms with Crippen molar-refractivity contribution in [2.75, 3.05) is 18.8 Å². The highest BCUT2D eigenvalue weighted by Crippen LogP contribution is 2.22. The van der Waals surface area contributed by atoms with Crippen LogP contribution in [-0.4, -0.2) is 25.8 Å². The van der Waals surface area contributed by atoms with E-state index in [1.807, 2.05) is 13.8 Å². The first-order valence-electron chi connectivity index (χ1n) is 6.29. The summed E-state index contributed by atoms with van der Waals surface area (Å²) in [6.45, 7) is 6.74. The smallest absolute Gasteiger partial charge is 0.243 e. The fraction of sp³-hybridized carbons (Fsp3) is 0.538. The van der Waals surface area contributed by atoms with Crippen molar-refractivity contribution in [3.8, 4) is 0 Å². The van der Waals surface area contributed by atoms with Gasteiger partial charge in [-0.2, -0.15) is 4.31 Å². The first-order chi connectivity index (χ1) is 8.43. The molecule has 18 heavy (non-hydrogen) atoms. The Labute approximate surface area is 110 Å². The summed E-state index contributed by atoms with van der Waals surface area (Å²) >= 11 is 0. The van der Waals surface area contributed by atoms with Crippen LogP contribution in [0, 0.1) is 6.92 Å². The van der Waals surface area contributed by atoms with E-state index in [-0.39, 0.29) is 0 Å². The lowest BCUT2D eigenvalue weighted by Crippen LogP contribution is -2.32. The Kier molecular flexibility index (Phi) is 5.16. The predicted molar refractivity (Wildman–Crippen MR) is 74.9 cm³/mol. The number of rotatable bonds is 6. The summed E-state index contributed by atoms with van der Waals surface area (Å²) in [5, 5.41) is 0. The van der Waals surface area contributed by atoms with Crippen molar-refractivity contribution in [3.63, 3.8) is 0 Å². The summed E-state index contributed by atoms with van der Waals surface area (Å²) in [6, 6.07) is 5.01. The number of nitrogens with two attached hydrogens (primary N) is 1. The minimum atomic E-state index is -3.42. The molecule has 0 bridgehead atoms. The Morgan fingerprint density at radius 1 is 1.28 bits per heavy atom. The van der Waals surface area contributed by atoms with Gasteiger partial charge in [-0.1, -0.05) is 26.3 Å². The Morgan fingerprint density at radius 2 is 1.94 bits per heavy atom. The van der Waals surface area contributed by atoms with E-state index in [0.717, 1.165) is 18.4 Å². The van der Waals surface area contributed by atoms with Crippen molar-refractivity contribution in [1.82, 2.24) is 4.31 Å². The fourth-order valence-electron chi connectivity index (χ4n) is 1.82. The monoisotopic (exact) mass is 270 g/mol. The number of unbranched alkanes of at least 4 members (excludes halogenated alkanes) is 1. The summed E-state index contributed by atoms with van der Waals surface area (Å²) in [6.07, 6.45) is 1.84. The van der Waals surface area contributed by atoms with Crippen molar-refractivity contribution >= 4 is 15.7 Å². The lowest BCUT2D eigenvalue weighted by Gasteiger charge is -2.21.